The first-order valence-corrected chi connectivity index (χ1v) is 4.70. The molecule has 0 spiro atoms. The van der Waals surface area contributed by atoms with Gasteiger partial charge in [-0.25, -0.2) is 9.37 Å². The third kappa shape index (κ3) is 2.31. The lowest BCUT2D eigenvalue weighted by atomic mass is 10.0. The predicted molar refractivity (Wildman–Crippen MR) is 64.5 cm³/mol. The molecule has 2 aromatic heterocycles. The monoisotopic (exact) mass is 247 g/mol. The molecular formula is C13H16FN3. The van der Waals surface area contributed by atoms with Crippen molar-refractivity contribution in [1.82, 2.24) is 14.7 Å². The molecule has 0 saturated carbocycles. The van der Waals surface area contributed by atoms with Gasteiger partial charge in [0.05, 0.1) is 11.2 Å². The molecule has 0 amide bonds. The number of rotatable bonds is 2. The van der Waals surface area contributed by atoms with Gasteiger partial charge in [-0.15, -0.1) is 0 Å². The summed E-state index contributed by atoms with van der Waals surface area (Å²) in [6.45, 7) is -1.19. The number of nitrogens with one attached hydrogen (secondary N) is 1. The fourth-order valence-electron chi connectivity index (χ4n) is 1.28. The molecule has 90 valence electrons. The van der Waals surface area contributed by atoms with E-state index in [9.17, 15) is 4.39 Å². The topological polar surface area (TPSA) is 29.3 Å². The third-order valence-electron chi connectivity index (χ3n) is 1.96. The number of nitrogens with zero attached hydrogens (tertiary/aromatic N) is 2. The summed E-state index contributed by atoms with van der Waals surface area (Å²) >= 11 is 0. The van der Waals surface area contributed by atoms with Gasteiger partial charge in [0.25, 0.3) is 0 Å². The number of halogens is 1. The molecule has 1 aliphatic heterocycles. The maximum Gasteiger partial charge on any atom is 0.139 e. The average Bonchev–Trinajstić information content (AvgIpc) is 3.00. The van der Waals surface area contributed by atoms with Gasteiger partial charge >= 0.3 is 0 Å². The maximum absolute atomic E-state index is 14.1. The molecule has 2 aromatic rings. The van der Waals surface area contributed by atoms with Crippen molar-refractivity contribution >= 4 is 5.65 Å². The number of pyridine rings is 1. The fourth-order valence-corrected chi connectivity index (χ4v) is 1.28. The minimum atomic E-state index is -3.67. The predicted octanol–water partition coefficient (Wildman–Crippen LogP) is 2.16. The van der Waals surface area contributed by atoms with E-state index in [2.05, 4.69) is 4.98 Å². The van der Waals surface area contributed by atoms with Gasteiger partial charge < -0.3 is 9.71 Å². The summed E-state index contributed by atoms with van der Waals surface area (Å²) in [5, 5.41) is -0.0997. The largest absolute Gasteiger partial charge is 0.314 e. The number of hydrogen-bond acceptors (Lipinski definition) is 2. The molecule has 3 rings (SSSR count). The molecule has 1 N–H and O–H groups in total. The second-order valence-corrected chi connectivity index (χ2v) is 3.12. The number of imidazole rings is 1. The van der Waals surface area contributed by atoms with E-state index in [1.165, 1.54) is 0 Å². The molecule has 4 heteroatoms. The van der Waals surface area contributed by atoms with Crippen LogP contribution in [0, 0.1) is 5.82 Å². The van der Waals surface area contributed by atoms with E-state index in [1.54, 1.807) is 0 Å². The molecule has 0 aliphatic carbocycles. The Balaban J connectivity index is 2.36. The molecule has 0 bridgehead atoms. The summed E-state index contributed by atoms with van der Waals surface area (Å²) < 4.78 is 127. The minimum absolute atomic E-state index is 0.0997. The molecule has 17 heavy (non-hydrogen) atoms. The van der Waals surface area contributed by atoms with Gasteiger partial charge in [-0.05, 0) is 31.4 Å². The second-order valence-electron chi connectivity index (χ2n) is 3.12. The molecule has 0 radical (unpaired) electrons. The van der Waals surface area contributed by atoms with E-state index in [4.69, 9.17) is 19.2 Å². The van der Waals surface area contributed by atoms with Crippen molar-refractivity contribution in [3.63, 3.8) is 0 Å². The lowest BCUT2D eigenvalue weighted by Crippen LogP contribution is -2.35. The van der Waals surface area contributed by atoms with E-state index in [-0.39, 0.29) is 5.31 Å². The first-order valence-electron chi connectivity index (χ1n) is 11.6. The SMILES string of the molecule is [2H]c1c(F)c([2H])n2c([2H])c(C([2H])([2H])[C@@]3([2H])N([2H])CC([2H])([2H])C([2H])([2H])C3([2H])[2H])nc2c1[2H]. The Labute approximate surface area is 119 Å². The third-order valence-corrected chi connectivity index (χ3v) is 1.96. The average molecular weight is 247 g/mol. The van der Waals surface area contributed by atoms with Crippen molar-refractivity contribution in [1.29, 1.82) is 0 Å². The zero-order valence-electron chi connectivity index (χ0n) is 22.4. The highest BCUT2D eigenvalue weighted by Crippen LogP contribution is 2.13. The highest BCUT2D eigenvalue weighted by atomic mass is 19.1. The Morgan fingerprint density at radius 2 is 2.65 bits per heavy atom. The highest BCUT2D eigenvalue weighted by molar-refractivity contribution is 5.39. The minimum Gasteiger partial charge on any atom is -0.314 e. The normalized spacial score (nSPS) is 48.1. The van der Waals surface area contributed by atoms with Crippen molar-refractivity contribution in [2.75, 3.05) is 6.54 Å². The first kappa shape index (κ1) is 3.32. The maximum atomic E-state index is 14.1. The van der Waals surface area contributed by atoms with Crippen LogP contribution < -0.4 is 5.31 Å². The Kier molecular flexibility index (Phi) is 0.869. The van der Waals surface area contributed by atoms with Gasteiger partial charge in [0.1, 0.15) is 12.9 Å². The Bertz CT molecular complexity index is 1080. The van der Waals surface area contributed by atoms with Crippen LogP contribution in [0.25, 0.3) is 5.65 Å². The van der Waals surface area contributed by atoms with Crippen LogP contribution in [0.3, 0.4) is 0 Å². The van der Waals surface area contributed by atoms with Crippen LogP contribution in [0.2, 0.25) is 1.41 Å². The zero-order valence-corrected chi connectivity index (χ0v) is 8.43. The zero-order chi connectivity index (χ0) is 24.1. The van der Waals surface area contributed by atoms with Crippen LogP contribution >= 0.6 is 0 Å². The molecule has 3 heterocycles. The summed E-state index contributed by atoms with van der Waals surface area (Å²) in [6, 6.07) is -5.44. The van der Waals surface area contributed by atoms with E-state index in [0.717, 1.165) is 0 Å². The molecule has 3 nitrogen and oxygen atoms in total. The van der Waals surface area contributed by atoms with Crippen LogP contribution in [0.4, 0.5) is 4.39 Å². The summed E-state index contributed by atoms with van der Waals surface area (Å²) in [5.74, 6) is -1.49. The Morgan fingerprint density at radius 3 is 3.59 bits per heavy atom. The summed E-state index contributed by atoms with van der Waals surface area (Å²) in [4.78, 5) is 3.64. The smallest absolute Gasteiger partial charge is 0.139 e. The summed E-state index contributed by atoms with van der Waals surface area (Å²) in [6.07, 6.45) is -15.7. The Hall–Kier alpha value is -1.42. The Morgan fingerprint density at radius 1 is 1.71 bits per heavy atom. The molecule has 0 unspecified atom stereocenters. The summed E-state index contributed by atoms with van der Waals surface area (Å²) in [5.41, 5.74) is -1.77. The van der Waals surface area contributed by atoms with Crippen molar-refractivity contribution in [2.24, 2.45) is 0 Å². The van der Waals surface area contributed by atoms with Crippen LogP contribution in [0.5, 0.6) is 0 Å². The lowest BCUT2D eigenvalue weighted by Gasteiger charge is -2.22. The molecule has 1 saturated heterocycles. The number of hydrogen-bond donors (Lipinski definition) is 1. The molecule has 1 fully saturated rings. The first-order chi connectivity index (χ1) is 13.8. The van der Waals surface area contributed by atoms with Crippen LogP contribution in [-0.4, -0.2) is 21.9 Å². The fraction of sp³-hybridized carbons (Fsp3) is 0.462. The molecule has 0 aromatic carbocycles. The highest BCUT2D eigenvalue weighted by Gasteiger charge is 2.14. The van der Waals surface area contributed by atoms with E-state index in [0.29, 0.717) is 4.40 Å². The van der Waals surface area contributed by atoms with Gasteiger partial charge in [0, 0.05) is 37.1 Å². The van der Waals surface area contributed by atoms with E-state index in [1.807, 2.05) is 0 Å². The van der Waals surface area contributed by atoms with E-state index < -0.39 is 79.6 Å². The second kappa shape index (κ2) is 4.45. The lowest BCUT2D eigenvalue weighted by molar-refractivity contribution is 0.397. The molecule has 1 aliphatic rings. The number of piperidine rings is 1. The van der Waals surface area contributed by atoms with Crippen LogP contribution in [0.15, 0.2) is 24.4 Å². The van der Waals surface area contributed by atoms with Crippen molar-refractivity contribution in [3.05, 3.63) is 35.9 Å². The van der Waals surface area contributed by atoms with Gasteiger partial charge in [-0.2, -0.15) is 0 Å². The van der Waals surface area contributed by atoms with Crippen LogP contribution in [-0.2, 0) is 6.37 Å². The standard InChI is InChI=1S/C13H16FN3/c14-10-4-5-13-16-12(9-17(13)8-10)7-11-3-1-2-6-15-11/h4-5,8-9,11,15H,1-3,6-7H2/t11-/m0/s1/i1D2,2D2,3D2,4D,5D,7D2,8D,9D,11D/hD. The van der Waals surface area contributed by atoms with Crippen LogP contribution in [0.1, 0.15) is 42.6 Å². The molecule has 1 atom stereocenters. The van der Waals surface area contributed by atoms with Crippen molar-refractivity contribution in [3.8, 4) is 0 Å². The van der Waals surface area contributed by atoms with Gasteiger partial charge in [0.2, 0.25) is 0 Å². The van der Waals surface area contributed by atoms with Gasteiger partial charge in [-0.1, -0.05) is 6.37 Å². The van der Waals surface area contributed by atoms with Crippen molar-refractivity contribution < 1.29 is 23.6 Å². The number of aromatic nitrogens is 2. The van der Waals surface area contributed by atoms with E-state index >= 15 is 0 Å². The molecular weight excluding hydrogens is 217 g/mol. The summed E-state index contributed by atoms with van der Waals surface area (Å²) in [7, 11) is 0. The quantitative estimate of drug-likeness (QED) is 0.881. The van der Waals surface area contributed by atoms with Crippen molar-refractivity contribution in [2.45, 2.75) is 31.5 Å². The number of fused-ring (bicyclic) bond motifs is 1. The van der Waals surface area contributed by atoms with Gasteiger partial charge in [0.15, 0.2) is 0 Å². The van der Waals surface area contributed by atoms with Gasteiger partial charge in [-0.3, -0.25) is 0 Å².